The first-order valence-corrected chi connectivity index (χ1v) is 7.38. The number of hydrogen-bond acceptors (Lipinski definition) is 2. The molecule has 0 aliphatic rings. The number of hydrogen-bond donors (Lipinski definition) is 1. The van der Waals surface area contributed by atoms with Crippen LogP contribution in [0.5, 0.6) is 0 Å². The van der Waals surface area contributed by atoms with Gasteiger partial charge in [-0.3, -0.25) is 0 Å². The van der Waals surface area contributed by atoms with Crippen LogP contribution in [0, 0.1) is 5.92 Å². The van der Waals surface area contributed by atoms with E-state index < -0.39 is 0 Å². The molecule has 0 saturated carbocycles. The van der Waals surface area contributed by atoms with Gasteiger partial charge in [0.05, 0.1) is 0 Å². The number of benzene rings is 1. The van der Waals surface area contributed by atoms with Crippen molar-refractivity contribution in [3.05, 3.63) is 35.4 Å². The zero-order chi connectivity index (χ0) is 14.4. The lowest BCUT2D eigenvalue weighted by atomic mass is 10.00. The SMILES string of the molecule is CC(C)Cc1ccc(C(C)NCC(C)N(C)C)cc1. The molecule has 19 heavy (non-hydrogen) atoms. The first-order valence-electron chi connectivity index (χ1n) is 7.38. The van der Waals surface area contributed by atoms with E-state index in [0.29, 0.717) is 12.1 Å². The van der Waals surface area contributed by atoms with E-state index >= 15 is 0 Å². The molecule has 1 aromatic carbocycles. The summed E-state index contributed by atoms with van der Waals surface area (Å²) in [6.07, 6.45) is 1.17. The van der Waals surface area contributed by atoms with Crippen molar-refractivity contribution in [2.45, 2.75) is 46.2 Å². The molecule has 2 nitrogen and oxygen atoms in total. The number of nitrogens with zero attached hydrogens (tertiary/aromatic N) is 1. The molecule has 1 aromatic rings. The molecule has 0 saturated heterocycles. The van der Waals surface area contributed by atoms with Gasteiger partial charge in [0.2, 0.25) is 0 Å². The van der Waals surface area contributed by atoms with Crippen LogP contribution in [0.15, 0.2) is 24.3 Å². The predicted octanol–water partition coefficient (Wildman–Crippen LogP) is 3.49. The van der Waals surface area contributed by atoms with E-state index in [0.717, 1.165) is 12.5 Å². The van der Waals surface area contributed by atoms with Crippen molar-refractivity contribution in [2.24, 2.45) is 5.92 Å². The molecular weight excluding hydrogens is 232 g/mol. The minimum absolute atomic E-state index is 0.412. The fourth-order valence-electron chi connectivity index (χ4n) is 2.06. The molecule has 0 aliphatic heterocycles. The molecule has 0 fully saturated rings. The maximum atomic E-state index is 3.60. The topological polar surface area (TPSA) is 15.3 Å². The third-order valence-corrected chi connectivity index (χ3v) is 3.72. The Morgan fingerprint density at radius 1 is 1.00 bits per heavy atom. The molecule has 1 N–H and O–H groups in total. The summed E-state index contributed by atoms with van der Waals surface area (Å²) < 4.78 is 0. The monoisotopic (exact) mass is 262 g/mol. The summed E-state index contributed by atoms with van der Waals surface area (Å²) in [6, 6.07) is 10.0. The number of nitrogens with one attached hydrogen (secondary N) is 1. The first kappa shape index (κ1) is 16.2. The van der Waals surface area contributed by atoms with E-state index in [4.69, 9.17) is 0 Å². The summed E-state index contributed by atoms with van der Waals surface area (Å²) in [7, 11) is 4.25. The molecule has 1 rings (SSSR count). The minimum atomic E-state index is 0.412. The molecule has 0 spiro atoms. The van der Waals surface area contributed by atoms with Gasteiger partial charge in [-0.2, -0.15) is 0 Å². The summed E-state index contributed by atoms with van der Waals surface area (Å²) in [5.41, 5.74) is 2.81. The van der Waals surface area contributed by atoms with Crippen LogP contribution >= 0.6 is 0 Å². The van der Waals surface area contributed by atoms with Crippen LogP contribution in [-0.2, 0) is 6.42 Å². The molecular formula is C17H30N2. The van der Waals surface area contributed by atoms with E-state index in [1.165, 1.54) is 17.5 Å². The lowest BCUT2D eigenvalue weighted by molar-refractivity contribution is 0.295. The molecule has 0 aliphatic carbocycles. The summed E-state index contributed by atoms with van der Waals surface area (Å²) in [5, 5.41) is 3.60. The molecule has 2 unspecified atom stereocenters. The standard InChI is InChI=1S/C17H30N2/c1-13(2)11-16-7-9-17(10-8-16)15(4)18-12-14(3)19(5)6/h7-10,13-15,18H,11-12H2,1-6H3. The van der Waals surface area contributed by atoms with E-state index in [-0.39, 0.29) is 0 Å². The highest BCUT2D eigenvalue weighted by Gasteiger charge is 2.09. The van der Waals surface area contributed by atoms with E-state index in [1.807, 2.05) is 0 Å². The van der Waals surface area contributed by atoms with Gasteiger partial charge in [0.1, 0.15) is 0 Å². The molecule has 2 heteroatoms. The fourth-order valence-corrected chi connectivity index (χ4v) is 2.06. The molecule has 0 heterocycles. The minimum Gasteiger partial charge on any atom is -0.309 e. The van der Waals surface area contributed by atoms with Gasteiger partial charge >= 0.3 is 0 Å². The van der Waals surface area contributed by atoms with Crippen molar-refractivity contribution in [3.8, 4) is 0 Å². The third-order valence-electron chi connectivity index (χ3n) is 3.72. The summed E-state index contributed by atoms with van der Waals surface area (Å²) in [4.78, 5) is 2.24. The van der Waals surface area contributed by atoms with Gasteiger partial charge in [-0.15, -0.1) is 0 Å². The van der Waals surface area contributed by atoms with Crippen molar-refractivity contribution in [1.82, 2.24) is 10.2 Å². The Morgan fingerprint density at radius 3 is 2.05 bits per heavy atom. The highest BCUT2D eigenvalue weighted by Crippen LogP contribution is 2.15. The van der Waals surface area contributed by atoms with Crippen LogP contribution in [0.25, 0.3) is 0 Å². The Hall–Kier alpha value is -0.860. The average molecular weight is 262 g/mol. The van der Waals surface area contributed by atoms with Crippen molar-refractivity contribution in [1.29, 1.82) is 0 Å². The fraction of sp³-hybridized carbons (Fsp3) is 0.647. The van der Waals surface area contributed by atoms with Crippen LogP contribution < -0.4 is 5.32 Å². The Morgan fingerprint density at radius 2 is 1.58 bits per heavy atom. The highest BCUT2D eigenvalue weighted by molar-refractivity contribution is 5.25. The molecule has 2 atom stereocenters. The van der Waals surface area contributed by atoms with Crippen LogP contribution in [0.3, 0.4) is 0 Å². The van der Waals surface area contributed by atoms with Gasteiger partial charge in [0, 0.05) is 18.6 Å². The van der Waals surface area contributed by atoms with Gasteiger partial charge in [-0.1, -0.05) is 38.1 Å². The van der Waals surface area contributed by atoms with Gasteiger partial charge in [0.15, 0.2) is 0 Å². The van der Waals surface area contributed by atoms with Crippen LogP contribution in [0.4, 0.5) is 0 Å². The lowest BCUT2D eigenvalue weighted by Gasteiger charge is -2.23. The molecule has 0 aromatic heterocycles. The lowest BCUT2D eigenvalue weighted by Crippen LogP contribution is -2.36. The van der Waals surface area contributed by atoms with Crippen molar-refractivity contribution in [3.63, 3.8) is 0 Å². The van der Waals surface area contributed by atoms with Crippen LogP contribution in [-0.4, -0.2) is 31.6 Å². The predicted molar refractivity (Wildman–Crippen MR) is 84.6 cm³/mol. The Kier molecular flexibility index (Phi) is 6.53. The molecule has 0 amide bonds. The third kappa shape index (κ3) is 5.75. The average Bonchev–Trinajstić information content (AvgIpc) is 2.35. The molecule has 0 radical (unpaired) electrons. The second-order valence-electron chi connectivity index (χ2n) is 6.28. The summed E-state index contributed by atoms with van der Waals surface area (Å²) in [5.74, 6) is 0.724. The molecule has 0 bridgehead atoms. The van der Waals surface area contributed by atoms with Crippen LogP contribution in [0.1, 0.15) is 44.9 Å². The van der Waals surface area contributed by atoms with Gasteiger partial charge < -0.3 is 10.2 Å². The zero-order valence-corrected chi connectivity index (χ0v) is 13.4. The molecule has 108 valence electrons. The quantitative estimate of drug-likeness (QED) is 0.809. The van der Waals surface area contributed by atoms with Crippen molar-refractivity contribution < 1.29 is 0 Å². The van der Waals surface area contributed by atoms with E-state index in [2.05, 4.69) is 76.3 Å². The van der Waals surface area contributed by atoms with E-state index in [9.17, 15) is 0 Å². The highest BCUT2D eigenvalue weighted by atomic mass is 15.1. The maximum Gasteiger partial charge on any atom is 0.0292 e. The van der Waals surface area contributed by atoms with Gasteiger partial charge in [-0.05, 0) is 51.4 Å². The second kappa shape index (κ2) is 7.66. The largest absolute Gasteiger partial charge is 0.309 e. The smallest absolute Gasteiger partial charge is 0.0292 e. The first-order chi connectivity index (χ1) is 8.90. The Labute approximate surface area is 119 Å². The summed E-state index contributed by atoms with van der Waals surface area (Å²) >= 11 is 0. The van der Waals surface area contributed by atoms with E-state index in [1.54, 1.807) is 0 Å². The van der Waals surface area contributed by atoms with Crippen molar-refractivity contribution in [2.75, 3.05) is 20.6 Å². The van der Waals surface area contributed by atoms with Crippen molar-refractivity contribution >= 4 is 0 Å². The number of likely N-dealkylation sites (N-methyl/N-ethyl adjacent to an activating group) is 1. The summed E-state index contributed by atoms with van der Waals surface area (Å²) in [6.45, 7) is 10.0. The second-order valence-corrected chi connectivity index (χ2v) is 6.28. The Bertz CT molecular complexity index is 354. The van der Waals surface area contributed by atoms with Crippen LogP contribution in [0.2, 0.25) is 0 Å². The van der Waals surface area contributed by atoms with Gasteiger partial charge in [0.25, 0.3) is 0 Å². The normalized spacial score (nSPS) is 14.9. The maximum absolute atomic E-state index is 3.60. The number of rotatable bonds is 7. The van der Waals surface area contributed by atoms with Gasteiger partial charge in [-0.25, -0.2) is 0 Å². The zero-order valence-electron chi connectivity index (χ0n) is 13.4. The Balaban J connectivity index is 2.50.